The number of pyridine rings is 1. The van der Waals surface area contributed by atoms with Gasteiger partial charge in [0.1, 0.15) is 11.1 Å². The summed E-state index contributed by atoms with van der Waals surface area (Å²) in [5.41, 5.74) is -0.261. The lowest BCUT2D eigenvalue weighted by Gasteiger charge is -2.27. The van der Waals surface area contributed by atoms with Crippen LogP contribution in [0.15, 0.2) is 6.07 Å². The van der Waals surface area contributed by atoms with Crippen LogP contribution in [0.2, 0.25) is 5.02 Å². The van der Waals surface area contributed by atoms with Crippen molar-refractivity contribution < 1.29 is 14.4 Å². The predicted molar refractivity (Wildman–Crippen MR) is 75.7 cm³/mol. The van der Waals surface area contributed by atoms with Gasteiger partial charge in [-0.25, -0.2) is 0 Å². The molecule has 1 aliphatic rings. The predicted octanol–water partition coefficient (Wildman–Crippen LogP) is 2.42. The number of methoxy groups -OCH3 is 1. The second kappa shape index (κ2) is 7.86. The maximum atomic E-state index is 10.8. The number of nitrogens with one attached hydrogen (secondary N) is 1. The zero-order valence-electron chi connectivity index (χ0n) is 11.7. The Kier molecular flexibility index (Phi) is 6.47. The summed E-state index contributed by atoms with van der Waals surface area (Å²) in [6, 6.07) is 1.18. The van der Waals surface area contributed by atoms with Gasteiger partial charge in [-0.1, -0.05) is 31.9 Å². The number of aromatic nitrogens is 1. The quantitative estimate of drug-likeness (QED) is 0.679. The van der Waals surface area contributed by atoms with Gasteiger partial charge in [-0.05, 0) is 0 Å². The van der Waals surface area contributed by atoms with Crippen LogP contribution in [0, 0.1) is 10.1 Å². The second-order valence-corrected chi connectivity index (χ2v) is 4.57. The van der Waals surface area contributed by atoms with E-state index >= 15 is 0 Å². The minimum absolute atomic E-state index is 0.0669. The van der Waals surface area contributed by atoms with E-state index < -0.39 is 4.92 Å². The zero-order valence-corrected chi connectivity index (χ0v) is 12.4. The van der Waals surface area contributed by atoms with Crippen LogP contribution in [0.5, 0.6) is 11.8 Å². The lowest BCUT2D eigenvalue weighted by atomic mass is 10.2. The van der Waals surface area contributed by atoms with Crippen LogP contribution in [-0.2, 0) is 0 Å². The second-order valence-electron chi connectivity index (χ2n) is 4.17. The number of hydrogen-bond acceptors (Lipinski definition) is 6. The first-order chi connectivity index (χ1) is 9.53. The molecule has 2 heterocycles. The fourth-order valence-corrected chi connectivity index (χ4v) is 1.53. The molecular formula is C12H18ClN3O4. The molecule has 0 radical (unpaired) electrons. The zero-order chi connectivity index (χ0) is 15.1. The Morgan fingerprint density at radius 3 is 2.50 bits per heavy atom. The molecule has 0 atom stereocenters. The molecule has 0 spiro atoms. The van der Waals surface area contributed by atoms with Crippen molar-refractivity contribution in [2.45, 2.75) is 26.4 Å². The average Bonchev–Trinajstić information content (AvgIpc) is 2.35. The van der Waals surface area contributed by atoms with Gasteiger partial charge >= 0.3 is 5.69 Å². The van der Waals surface area contributed by atoms with Crippen molar-refractivity contribution in [2.24, 2.45) is 0 Å². The number of nitrogens with zero attached hydrogens (tertiary/aromatic N) is 2. The highest BCUT2D eigenvalue weighted by molar-refractivity contribution is 6.32. The summed E-state index contributed by atoms with van der Waals surface area (Å²) >= 11 is 5.77. The summed E-state index contributed by atoms with van der Waals surface area (Å²) < 4.78 is 10.3. The van der Waals surface area contributed by atoms with Crippen molar-refractivity contribution in [3.8, 4) is 11.8 Å². The molecule has 2 rings (SSSR count). The van der Waals surface area contributed by atoms with E-state index in [4.69, 9.17) is 21.1 Å². The number of rotatable bonds is 4. The van der Waals surface area contributed by atoms with E-state index in [1.165, 1.54) is 19.6 Å². The number of ether oxygens (including phenoxy) is 2. The topological polar surface area (TPSA) is 86.5 Å². The number of hydrogen-bond donors (Lipinski definition) is 1. The molecule has 0 saturated carbocycles. The summed E-state index contributed by atoms with van der Waals surface area (Å²) in [5.74, 6) is 0.0438. The summed E-state index contributed by atoms with van der Waals surface area (Å²) in [4.78, 5) is 14.1. The molecule has 1 N–H and O–H groups in total. The third-order valence-electron chi connectivity index (χ3n) is 2.30. The molecule has 0 bridgehead atoms. The van der Waals surface area contributed by atoms with Crippen molar-refractivity contribution >= 4 is 17.3 Å². The van der Waals surface area contributed by atoms with E-state index in [9.17, 15) is 10.1 Å². The van der Waals surface area contributed by atoms with Crippen LogP contribution in [0.3, 0.4) is 0 Å². The van der Waals surface area contributed by atoms with Crippen LogP contribution in [0.1, 0.15) is 20.3 Å². The lowest BCUT2D eigenvalue weighted by Crippen LogP contribution is -2.50. The first-order valence-corrected chi connectivity index (χ1v) is 6.67. The number of halogens is 1. The highest BCUT2D eigenvalue weighted by Gasteiger charge is 2.26. The van der Waals surface area contributed by atoms with Gasteiger partial charge < -0.3 is 14.8 Å². The molecule has 1 aromatic rings. The third kappa shape index (κ3) is 4.21. The van der Waals surface area contributed by atoms with Gasteiger partial charge in [0.15, 0.2) is 0 Å². The molecule has 112 valence electrons. The molecule has 0 aromatic carbocycles. The molecular weight excluding hydrogens is 286 g/mol. The maximum absolute atomic E-state index is 10.8. The average molecular weight is 304 g/mol. The SMILES string of the molecule is CCC.COc1nc(OC2CNC2)c([N+](=O)[O-])cc1Cl. The largest absolute Gasteiger partial charge is 0.480 e. The van der Waals surface area contributed by atoms with E-state index in [2.05, 4.69) is 24.1 Å². The summed E-state index contributed by atoms with van der Waals surface area (Å²) in [6.07, 6.45) is 1.15. The fourth-order valence-electron chi connectivity index (χ4n) is 1.31. The highest BCUT2D eigenvalue weighted by atomic mass is 35.5. The Morgan fingerprint density at radius 1 is 1.50 bits per heavy atom. The standard InChI is InChI=1S/C9H10ClN3O4.C3H8/c1-16-8-6(10)2-7(13(14)15)9(12-8)17-5-3-11-4-5;1-3-2/h2,5,11H,3-4H2,1H3;3H2,1-2H3. The Labute approximate surface area is 122 Å². The van der Waals surface area contributed by atoms with Crippen LogP contribution < -0.4 is 14.8 Å². The van der Waals surface area contributed by atoms with Gasteiger partial charge in [0.2, 0.25) is 5.88 Å². The first kappa shape index (κ1) is 16.5. The smallest absolute Gasteiger partial charge is 0.332 e. The normalized spacial score (nSPS) is 13.8. The summed E-state index contributed by atoms with van der Waals surface area (Å²) in [7, 11) is 1.38. The molecule has 1 fully saturated rings. The Balaban J connectivity index is 0.000000612. The van der Waals surface area contributed by atoms with Crippen molar-refractivity contribution in [3.05, 3.63) is 21.2 Å². The van der Waals surface area contributed by atoms with Gasteiger partial charge in [-0.15, -0.1) is 0 Å². The molecule has 8 heteroatoms. The minimum Gasteiger partial charge on any atom is -0.480 e. The fraction of sp³-hybridized carbons (Fsp3) is 0.583. The van der Waals surface area contributed by atoms with Crippen molar-refractivity contribution in [3.63, 3.8) is 0 Å². The first-order valence-electron chi connectivity index (χ1n) is 6.29. The van der Waals surface area contributed by atoms with Crippen LogP contribution >= 0.6 is 11.6 Å². The molecule has 0 unspecified atom stereocenters. The van der Waals surface area contributed by atoms with Crippen LogP contribution in [0.4, 0.5) is 5.69 Å². The molecule has 7 nitrogen and oxygen atoms in total. The minimum atomic E-state index is -0.584. The monoisotopic (exact) mass is 303 g/mol. The Bertz CT molecular complexity index is 466. The van der Waals surface area contributed by atoms with Crippen LogP contribution in [0.25, 0.3) is 0 Å². The molecule has 1 saturated heterocycles. The van der Waals surface area contributed by atoms with E-state index in [0.717, 1.165) is 0 Å². The molecule has 0 amide bonds. The van der Waals surface area contributed by atoms with E-state index in [0.29, 0.717) is 13.1 Å². The van der Waals surface area contributed by atoms with Crippen molar-refractivity contribution in [1.29, 1.82) is 0 Å². The van der Waals surface area contributed by atoms with Gasteiger partial charge in [0, 0.05) is 19.2 Å². The van der Waals surface area contributed by atoms with Gasteiger partial charge in [-0.2, -0.15) is 4.98 Å². The molecule has 20 heavy (non-hydrogen) atoms. The Hall–Kier alpha value is -1.60. The van der Waals surface area contributed by atoms with Gasteiger partial charge in [0.05, 0.1) is 12.0 Å². The molecule has 0 aliphatic carbocycles. The lowest BCUT2D eigenvalue weighted by molar-refractivity contribution is -0.386. The van der Waals surface area contributed by atoms with Crippen LogP contribution in [-0.4, -0.2) is 36.2 Å². The van der Waals surface area contributed by atoms with E-state index in [1.54, 1.807) is 0 Å². The van der Waals surface area contributed by atoms with Gasteiger partial charge in [-0.3, -0.25) is 10.1 Å². The maximum Gasteiger partial charge on any atom is 0.332 e. The van der Waals surface area contributed by atoms with E-state index in [1.807, 2.05) is 0 Å². The number of nitro groups is 1. The van der Waals surface area contributed by atoms with Gasteiger partial charge in [0.25, 0.3) is 5.88 Å². The Morgan fingerprint density at radius 2 is 2.10 bits per heavy atom. The summed E-state index contributed by atoms with van der Waals surface area (Å²) in [5, 5.41) is 13.9. The van der Waals surface area contributed by atoms with E-state index in [-0.39, 0.29) is 28.6 Å². The third-order valence-corrected chi connectivity index (χ3v) is 2.57. The molecule has 1 aliphatic heterocycles. The van der Waals surface area contributed by atoms with Crippen molar-refractivity contribution in [2.75, 3.05) is 20.2 Å². The van der Waals surface area contributed by atoms with Crippen molar-refractivity contribution in [1.82, 2.24) is 10.3 Å². The molecule has 1 aromatic heterocycles. The highest BCUT2D eigenvalue weighted by Crippen LogP contribution is 2.34. The summed E-state index contributed by atoms with van der Waals surface area (Å²) in [6.45, 7) is 5.54.